The first kappa shape index (κ1) is 18.6. The second-order valence-electron chi connectivity index (χ2n) is 6.91. The number of nitrogens with one attached hydrogen (secondary N) is 1. The quantitative estimate of drug-likeness (QED) is 0.897. The Morgan fingerprint density at radius 3 is 2.67 bits per heavy atom. The van der Waals surface area contributed by atoms with Gasteiger partial charge in [-0.3, -0.25) is 4.79 Å². The molecule has 1 saturated heterocycles. The van der Waals surface area contributed by atoms with Crippen molar-refractivity contribution in [1.29, 1.82) is 5.26 Å². The first-order valence-corrected chi connectivity index (χ1v) is 9.12. The van der Waals surface area contributed by atoms with E-state index in [-0.39, 0.29) is 5.91 Å². The second-order valence-corrected chi connectivity index (χ2v) is 6.91. The average molecular weight is 364 g/mol. The highest BCUT2D eigenvalue weighted by molar-refractivity contribution is 5.92. The highest BCUT2D eigenvalue weighted by atomic mass is 16.2. The van der Waals surface area contributed by atoms with E-state index < -0.39 is 0 Å². The van der Waals surface area contributed by atoms with Crippen LogP contribution < -0.4 is 10.2 Å². The smallest absolute Gasteiger partial charge is 0.272 e. The molecule has 0 spiro atoms. The second kappa shape index (κ2) is 8.49. The van der Waals surface area contributed by atoms with Gasteiger partial charge in [0.1, 0.15) is 17.6 Å². The number of carbonyl (C=O) groups is 1. The SMILES string of the molecule is CN(C)c1ccc(N[C@H]2CCCN(C(=O)c3ccc(C#N)cn3)CC2)cn1. The molecule has 1 aliphatic rings. The molecule has 7 heteroatoms. The zero-order valence-electron chi connectivity index (χ0n) is 15.7. The van der Waals surface area contributed by atoms with Gasteiger partial charge in [-0.25, -0.2) is 9.97 Å². The number of nitriles is 1. The lowest BCUT2D eigenvalue weighted by atomic mass is 10.1. The van der Waals surface area contributed by atoms with E-state index in [1.54, 1.807) is 12.1 Å². The molecule has 0 saturated carbocycles. The van der Waals surface area contributed by atoms with Gasteiger partial charge in [-0.15, -0.1) is 0 Å². The summed E-state index contributed by atoms with van der Waals surface area (Å²) < 4.78 is 0. The van der Waals surface area contributed by atoms with Crippen LogP contribution in [0.25, 0.3) is 0 Å². The number of carbonyl (C=O) groups excluding carboxylic acids is 1. The summed E-state index contributed by atoms with van der Waals surface area (Å²) in [5.74, 6) is 0.852. The van der Waals surface area contributed by atoms with Gasteiger partial charge in [0.05, 0.1) is 17.4 Å². The highest BCUT2D eigenvalue weighted by Crippen LogP contribution is 2.19. The van der Waals surface area contributed by atoms with E-state index in [9.17, 15) is 4.79 Å². The maximum Gasteiger partial charge on any atom is 0.272 e. The summed E-state index contributed by atoms with van der Waals surface area (Å²) in [6.07, 6.45) is 6.10. The van der Waals surface area contributed by atoms with E-state index in [1.165, 1.54) is 6.20 Å². The van der Waals surface area contributed by atoms with E-state index in [4.69, 9.17) is 5.26 Å². The Labute approximate surface area is 159 Å². The van der Waals surface area contributed by atoms with Crippen LogP contribution >= 0.6 is 0 Å². The van der Waals surface area contributed by atoms with Crippen molar-refractivity contribution >= 4 is 17.4 Å². The van der Waals surface area contributed by atoms with Crippen molar-refractivity contribution < 1.29 is 4.79 Å². The molecule has 140 valence electrons. The molecule has 1 fully saturated rings. The van der Waals surface area contributed by atoms with Crippen LogP contribution in [0.4, 0.5) is 11.5 Å². The van der Waals surface area contributed by atoms with Crippen molar-refractivity contribution in [2.75, 3.05) is 37.4 Å². The number of likely N-dealkylation sites (tertiary alicyclic amines) is 1. The fourth-order valence-corrected chi connectivity index (χ4v) is 3.16. The predicted octanol–water partition coefficient (Wildman–Crippen LogP) is 2.52. The molecule has 0 radical (unpaired) electrons. The van der Waals surface area contributed by atoms with E-state index in [1.807, 2.05) is 48.3 Å². The monoisotopic (exact) mass is 364 g/mol. The van der Waals surface area contributed by atoms with Gasteiger partial charge in [0.15, 0.2) is 0 Å². The lowest BCUT2D eigenvalue weighted by Gasteiger charge is -2.21. The van der Waals surface area contributed by atoms with Gasteiger partial charge in [-0.05, 0) is 43.5 Å². The Morgan fingerprint density at radius 1 is 1.19 bits per heavy atom. The molecule has 1 amide bonds. The normalized spacial score (nSPS) is 16.9. The third-order valence-electron chi connectivity index (χ3n) is 4.70. The Morgan fingerprint density at radius 2 is 2.04 bits per heavy atom. The molecule has 2 aromatic rings. The third kappa shape index (κ3) is 4.73. The van der Waals surface area contributed by atoms with Crippen LogP contribution in [0.1, 0.15) is 35.3 Å². The molecule has 1 aliphatic heterocycles. The van der Waals surface area contributed by atoms with E-state index in [0.29, 0.717) is 23.8 Å². The van der Waals surface area contributed by atoms with Gasteiger partial charge in [-0.1, -0.05) is 0 Å². The highest BCUT2D eigenvalue weighted by Gasteiger charge is 2.22. The minimum absolute atomic E-state index is 0.0721. The molecule has 0 unspecified atom stereocenters. The molecule has 2 aromatic heterocycles. The lowest BCUT2D eigenvalue weighted by molar-refractivity contribution is 0.0755. The average Bonchev–Trinajstić information content (AvgIpc) is 2.93. The fourth-order valence-electron chi connectivity index (χ4n) is 3.16. The summed E-state index contributed by atoms with van der Waals surface area (Å²) in [5.41, 5.74) is 1.85. The van der Waals surface area contributed by atoms with Crippen LogP contribution in [0, 0.1) is 11.3 Å². The summed E-state index contributed by atoms with van der Waals surface area (Å²) in [5, 5.41) is 12.4. The Hall–Kier alpha value is -3.14. The first-order chi connectivity index (χ1) is 13.1. The Bertz CT molecular complexity index is 810. The molecule has 0 bridgehead atoms. The first-order valence-electron chi connectivity index (χ1n) is 9.12. The predicted molar refractivity (Wildman–Crippen MR) is 105 cm³/mol. The molecule has 1 N–H and O–H groups in total. The molecule has 0 aliphatic carbocycles. The number of rotatable bonds is 4. The van der Waals surface area contributed by atoms with Crippen molar-refractivity contribution in [2.24, 2.45) is 0 Å². The van der Waals surface area contributed by atoms with Crippen molar-refractivity contribution in [3.05, 3.63) is 47.9 Å². The van der Waals surface area contributed by atoms with Crippen molar-refractivity contribution in [1.82, 2.24) is 14.9 Å². The topological polar surface area (TPSA) is 85.1 Å². The standard InChI is InChI=1S/C20H24N6O/c1-25(2)19-8-6-17(14-23-19)24-16-4-3-10-26(11-9-16)20(27)18-7-5-15(12-21)13-22-18/h5-8,13-14,16,24H,3-4,9-11H2,1-2H3/t16-/m0/s1. The zero-order valence-corrected chi connectivity index (χ0v) is 15.7. The largest absolute Gasteiger partial charge is 0.381 e. The van der Waals surface area contributed by atoms with Crippen molar-refractivity contribution in [3.8, 4) is 6.07 Å². The molecule has 0 aromatic carbocycles. The lowest BCUT2D eigenvalue weighted by Crippen LogP contribution is -2.33. The van der Waals surface area contributed by atoms with Crippen LogP contribution in [0.15, 0.2) is 36.7 Å². The van der Waals surface area contributed by atoms with Gasteiger partial charge in [-0.2, -0.15) is 5.26 Å². The summed E-state index contributed by atoms with van der Waals surface area (Å²) in [6.45, 7) is 1.40. The van der Waals surface area contributed by atoms with Crippen LogP contribution in [-0.2, 0) is 0 Å². The van der Waals surface area contributed by atoms with Gasteiger partial charge < -0.3 is 15.1 Å². The number of anilines is 2. The number of aromatic nitrogens is 2. The fraction of sp³-hybridized carbons (Fsp3) is 0.400. The van der Waals surface area contributed by atoms with Crippen molar-refractivity contribution in [2.45, 2.75) is 25.3 Å². The summed E-state index contributed by atoms with van der Waals surface area (Å²) in [6, 6.07) is 9.61. The minimum atomic E-state index is -0.0721. The molecular weight excluding hydrogens is 340 g/mol. The number of hydrogen-bond donors (Lipinski definition) is 1. The third-order valence-corrected chi connectivity index (χ3v) is 4.70. The van der Waals surface area contributed by atoms with Gasteiger partial charge >= 0.3 is 0 Å². The molecule has 27 heavy (non-hydrogen) atoms. The summed E-state index contributed by atoms with van der Waals surface area (Å²) >= 11 is 0. The van der Waals surface area contributed by atoms with Crippen LogP contribution in [0.5, 0.6) is 0 Å². The van der Waals surface area contributed by atoms with E-state index in [2.05, 4.69) is 15.3 Å². The maximum atomic E-state index is 12.7. The van der Waals surface area contributed by atoms with Gasteiger partial charge in [0.25, 0.3) is 5.91 Å². The van der Waals surface area contributed by atoms with Gasteiger partial charge in [0, 0.05) is 39.4 Å². The maximum absolute atomic E-state index is 12.7. The number of amides is 1. The van der Waals surface area contributed by atoms with Crippen LogP contribution in [0.3, 0.4) is 0 Å². The van der Waals surface area contributed by atoms with E-state index in [0.717, 1.165) is 37.3 Å². The van der Waals surface area contributed by atoms with E-state index >= 15 is 0 Å². The van der Waals surface area contributed by atoms with Crippen molar-refractivity contribution in [3.63, 3.8) is 0 Å². The minimum Gasteiger partial charge on any atom is -0.381 e. The van der Waals surface area contributed by atoms with Crippen LogP contribution in [0.2, 0.25) is 0 Å². The molecule has 7 nitrogen and oxygen atoms in total. The molecular formula is C20H24N6O. The Kier molecular flexibility index (Phi) is 5.87. The number of pyridine rings is 2. The number of hydrogen-bond acceptors (Lipinski definition) is 6. The van der Waals surface area contributed by atoms with Gasteiger partial charge in [0.2, 0.25) is 0 Å². The molecule has 3 heterocycles. The molecule has 3 rings (SSSR count). The summed E-state index contributed by atoms with van der Waals surface area (Å²) in [4.78, 5) is 25.0. The number of nitrogens with zero attached hydrogens (tertiary/aromatic N) is 5. The Balaban J connectivity index is 1.58. The zero-order chi connectivity index (χ0) is 19.2. The summed E-state index contributed by atoms with van der Waals surface area (Å²) in [7, 11) is 3.93. The van der Waals surface area contributed by atoms with Crippen LogP contribution in [-0.4, -0.2) is 54.0 Å². The molecule has 1 atom stereocenters.